The second-order valence-electron chi connectivity index (χ2n) is 2.56. The van der Waals surface area contributed by atoms with Gasteiger partial charge in [0.05, 0.1) is 4.90 Å². The van der Waals surface area contributed by atoms with Crippen LogP contribution in [0.25, 0.3) is 0 Å². The zero-order valence-electron chi connectivity index (χ0n) is 6.57. The predicted octanol–water partition coefficient (Wildman–Crippen LogP) is -2.50. The van der Waals surface area contributed by atoms with E-state index in [1.807, 2.05) is 0 Å². The van der Waals surface area contributed by atoms with Gasteiger partial charge < -0.3 is 4.55 Å². The monoisotopic (exact) mass is 192 g/mol. The summed E-state index contributed by atoms with van der Waals surface area (Å²) in [6, 6.07) is 4.48. The van der Waals surface area contributed by atoms with Crippen molar-refractivity contribution >= 4 is 10.1 Å². The van der Waals surface area contributed by atoms with Crippen LogP contribution in [0, 0.1) is 0 Å². The summed E-state index contributed by atoms with van der Waals surface area (Å²) in [6.45, 7) is 0. The first-order valence-corrected chi connectivity index (χ1v) is 4.56. The van der Waals surface area contributed by atoms with Gasteiger partial charge in [0, 0.05) is 0 Å². The molecule has 0 N–H and O–H groups in total. The second kappa shape index (κ2) is 3.12. The van der Waals surface area contributed by atoms with Crippen LogP contribution in [0.3, 0.4) is 0 Å². The molecule has 0 fully saturated rings. The molecular weight excluding hydrogens is 187 g/mol. The Hall–Kier alpha value is 0.130. The number of fused-ring (bicyclic) bond motifs is 1. The zero-order valence-corrected chi connectivity index (χ0v) is 9.39. The Morgan fingerprint density at radius 3 is 2.42 bits per heavy atom. The van der Waals surface area contributed by atoms with Gasteiger partial charge in [-0.05, 0) is 29.7 Å². The molecule has 0 saturated carbocycles. The largest absolute Gasteiger partial charge is 1.00 e. The van der Waals surface area contributed by atoms with Gasteiger partial charge in [0.15, 0.2) is 0 Å². The Morgan fingerprint density at radius 2 is 1.92 bits per heavy atom. The molecule has 0 bridgehead atoms. The first kappa shape index (κ1) is 10.2. The first-order valence-electron chi connectivity index (χ1n) is 3.15. The molecule has 0 aliphatic heterocycles. The number of benzene rings is 1. The number of hydrogen-bond donors (Lipinski definition) is 0. The topological polar surface area (TPSA) is 57.2 Å². The summed E-state index contributed by atoms with van der Waals surface area (Å²) in [5.74, 6) is 0. The minimum Gasteiger partial charge on any atom is -0.744 e. The Morgan fingerprint density at radius 1 is 1.25 bits per heavy atom. The second-order valence-corrected chi connectivity index (χ2v) is 3.94. The third-order valence-electron chi connectivity index (χ3n) is 1.72. The molecule has 2 rings (SSSR count). The first-order chi connectivity index (χ1) is 5.07. The molecule has 0 saturated heterocycles. The van der Waals surface area contributed by atoms with Gasteiger partial charge >= 0.3 is 29.6 Å². The molecule has 0 amide bonds. The van der Waals surface area contributed by atoms with Crippen molar-refractivity contribution in [2.45, 2.75) is 11.3 Å². The standard InChI is InChI=1S/C7H6O3S.Na/c8-11(9,10)7-2-1-5-3-6(5)4-7;/h1-2,4H,3H2,(H,8,9,10);/q;+1/p-1. The Kier molecular flexibility index (Phi) is 2.66. The zero-order chi connectivity index (χ0) is 8.06. The van der Waals surface area contributed by atoms with Crippen LogP contribution in [0.1, 0.15) is 11.1 Å². The maximum Gasteiger partial charge on any atom is 1.00 e. The fraction of sp³-hybridized carbons (Fsp3) is 0.143. The molecule has 58 valence electrons. The van der Waals surface area contributed by atoms with E-state index in [0.717, 1.165) is 17.5 Å². The molecule has 0 radical (unpaired) electrons. The van der Waals surface area contributed by atoms with Crippen molar-refractivity contribution in [2.24, 2.45) is 0 Å². The van der Waals surface area contributed by atoms with Gasteiger partial charge in [0.2, 0.25) is 0 Å². The van der Waals surface area contributed by atoms with Crippen LogP contribution in [0.5, 0.6) is 0 Å². The summed E-state index contributed by atoms with van der Waals surface area (Å²) in [7, 11) is -4.24. The van der Waals surface area contributed by atoms with Crippen molar-refractivity contribution in [3.05, 3.63) is 29.3 Å². The van der Waals surface area contributed by atoms with E-state index in [4.69, 9.17) is 0 Å². The van der Waals surface area contributed by atoms with Gasteiger partial charge in [-0.25, -0.2) is 8.42 Å². The third kappa shape index (κ3) is 1.89. The van der Waals surface area contributed by atoms with E-state index in [-0.39, 0.29) is 34.5 Å². The van der Waals surface area contributed by atoms with Crippen molar-refractivity contribution in [1.29, 1.82) is 0 Å². The van der Waals surface area contributed by atoms with Crippen LogP contribution in [0.4, 0.5) is 0 Å². The smallest absolute Gasteiger partial charge is 0.744 e. The molecule has 1 aliphatic rings. The van der Waals surface area contributed by atoms with Crippen LogP contribution >= 0.6 is 0 Å². The molecule has 12 heavy (non-hydrogen) atoms. The summed E-state index contributed by atoms with van der Waals surface area (Å²) in [4.78, 5) is -0.117. The average molecular weight is 192 g/mol. The summed E-state index contributed by atoms with van der Waals surface area (Å²) < 4.78 is 31.4. The van der Waals surface area contributed by atoms with Crippen LogP contribution in [0.2, 0.25) is 0 Å². The molecular formula is C7H5NaO3S. The van der Waals surface area contributed by atoms with Gasteiger partial charge in [0.1, 0.15) is 10.1 Å². The van der Waals surface area contributed by atoms with E-state index in [0.29, 0.717) is 0 Å². The molecule has 3 nitrogen and oxygen atoms in total. The minimum absolute atomic E-state index is 0. The van der Waals surface area contributed by atoms with Crippen molar-refractivity contribution in [3.63, 3.8) is 0 Å². The predicted molar refractivity (Wildman–Crippen MR) is 37.2 cm³/mol. The van der Waals surface area contributed by atoms with E-state index < -0.39 is 10.1 Å². The van der Waals surface area contributed by atoms with Gasteiger partial charge in [-0.15, -0.1) is 0 Å². The van der Waals surface area contributed by atoms with Crippen molar-refractivity contribution < 1.29 is 42.5 Å². The van der Waals surface area contributed by atoms with E-state index in [1.165, 1.54) is 12.1 Å². The molecule has 1 aliphatic carbocycles. The van der Waals surface area contributed by atoms with Gasteiger partial charge in [0.25, 0.3) is 0 Å². The maximum atomic E-state index is 10.5. The van der Waals surface area contributed by atoms with E-state index in [2.05, 4.69) is 0 Å². The van der Waals surface area contributed by atoms with E-state index in [9.17, 15) is 13.0 Å². The van der Waals surface area contributed by atoms with Crippen molar-refractivity contribution in [3.8, 4) is 0 Å². The quantitative estimate of drug-likeness (QED) is 0.370. The fourth-order valence-electron chi connectivity index (χ4n) is 1.03. The van der Waals surface area contributed by atoms with E-state index >= 15 is 0 Å². The molecule has 0 aromatic heterocycles. The van der Waals surface area contributed by atoms with Gasteiger partial charge in [-0.3, -0.25) is 0 Å². The van der Waals surface area contributed by atoms with Crippen LogP contribution in [-0.2, 0) is 16.5 Å². The van der Waals surface area contributed by atoms with E-state index in [1.54, 1.807) is 6.07 Å². The molecule has 1 aromatic carbocycles. The average Bonchev–Trinajstić information content (AvgIpc) is 2.60. The van der Waals surface area contributed by atoms with Gasteiger partial charge in [-0.2, -0.15) is 0 Å². The molecule has 1 aromatic rings. The fourth-order valence-corrected chi connectivity index (χ4v) is 1.55. The summed E-state index contributed by atoms with van der Waals surface area (Å²) >= 11 is 0. The minimum atomic E-state index is -4.24. The van der Waals surface area contributed by atoms with Crippen molar-refractivity contribution in [1.82, 2.24) is 0 Å². The molecule has 0 heterocycles. The molecule has 0 unspecified atom stereocenters. The van der Waals surface area contributed by atoms with Gasteiger partial charge in [-0.1, -0.05) is 6.07 Å². The Balaban J connectivity index is 0.000000720. The van der Waals surface area contributed by atoms with Crippen LogP contribution in [-0.4, -0.2) is 13.0 Å². The number of rotatable bonds is 1. The number of hydrogen-bond acceptors (Lipinski definition) is 3. The molecule has 0 spiro atoms. The molecule has 5 heteroatoms. The van der Waals surface area contributed by atoms with Crippen LogP contribution in [0.15, 0.2) is 23.1 Å². The summed E-state index contributed by atoms with van der Waals surface area (Å²) in [5, 5.41) is 0. The normalized spacial score (nSPS) is 13.1. The third-order valence-corrected chi connectivity index (χ3v) is 2.55. The summed E-state index contributed by atoms with van der Waals surface area (Å²) in [5.41, 5.74) is 2.11. The maximum absolute atomic E-state index is 10.5. The summed E-state index contributed by atoms with van der Waals surface area (Å²) in [6.07, 6.45) is 0.829. The van der Waals surface area contributed by atoms with Crippen molar-refractivity contribution in [2.75, 3.05) is 0 Å². The molecule has 0 atom stereocenters. The Bertz CT molecular complexity index is 411. The van der Waals surface area contributed by atoms with Crippen LogP contribution < -0.4 is 29.6 Å². The Labute approximate surface area is 92.8 Å². The SMILES string of the molecule is O=S(=O)([O-])c1ccc2c(c1)C2.[Na+].